The second-order valence-electron chi connectivity index (χ2n) is 8.91. The molecule has 0 radical (unpaired) electrons. The van der Waals surface area contributed by atoms with Crippen molar-refractivity contribution in [2.45, 2.75) is 56.5 Å². The zero-order chi connectivity index (χ0) is 24.6. The van der Waals surface area contributed by atoms with E-state index in [2.05, 4.69) is 17.9 Å². The minimum atomic E-state index is -3.74. The average Bonchev–Trinajstić information content (AvgIpc) is 3.26. The molecule has 35 heavy (non-hydrogen) atoms. The van der Waals surface area contributed by atoms with Gasteiger partial charge in [-0.3, -0.25) is 4.90 Å². The third-order valence-electron chi connectivity index (χ3n) is 7.17. The first-order valence-corrected chi connectivity index (χ1v) is 13.9. The molecule has 2 unspecified atom stereocenters. The van der Waals surface area contributed by atoms with Gasteiger partial charge in [-0.2, -0.15) is 4.31 Å². The van der Waals surface area contributed by atoms with Gasteiger partial charge in [0.15, 0.2) is 11.5 Å². The Morgan fingerprint density at radius 3 is 2.57 bits per heavy atom. The summed E-state index contributed by atoms with van der Waals surface area (Å²) in [5.74, 6) is 1.65. The minimum Gasteiger partial charge on any atom is -0.493 e. The Hall–Kier alpha value is -1.22. The molecule has 194 valence electrons. The Morgan fingerprint density at radius 2 is 1.91 bits per heavy atom. The number of sulfonamides is 1. The van der Waals surface area contributed by atoms with Gasteiger partial charge in [-0.05, 0) is 68.0 Å². The number of methoxy groups -OCH3 is 2. The Morgan fingerprint density at radius 1 is 1.17 bits per heavy atom. The van der Waals surface area contributed by atoms with E-state index in [0.717, 1.165) is 43.7 Å². The van der Waals surface area contributed by atoms with Gasteiger partial charge >= 0.3 is 0 Å². The summed E-state index contributed by atoms with van der Waals surface area (Å²) in [6, 6.07) is 7.21. The number of halogens is 3. The van der Waals surface area contributed by atoms with Gasteiger partial charge in [-0.1, -0.05) is 30.1 Å². The predicted octanol–water partition coefficient (Wildman–Crippen LogP) is 5.77. The van der Waals surface area contributed by atoms with E-state index in [1.54, 1.807) is 20.3 Å². The van der Waals surface area contributed by atoms with Crippen molar-refractivity contribution in [2.24, 2.45) is 0 Å². The molecular weight excluding hydrogens is 531 g/mol. The third-order valence-corrected chi connectivity index (χ3v) is 9.86. The van der Waals surface area contributed by atoms with Crippen molar-refractivity contribution in [1.82, 2.24) is 9.21 Å². The van der Waals surface area contributed by atoms with Crippen molar-refractivity contribution in [2.75, 3.05) is 33.9 Å². The van der Waals surface area contributed by atoms with Crippen LogP contribution in [0.3, 0.4) is 0 Å². The summed E-state index contributed by atoms with van der Waals surface area (Å²) in [5.41, 5.74) is 3.97. The van der Waals surface area contributed by atoms with E-state index in [-0.39, 0.29) is 28.4 Å². The van der Waals surface area contributed by atoms with Crippen molar-refractivity contribution < 1.29 is 17.9 Å². The number of hydrogen-bond acceptors (Lipinski definition) is 5. The molecular formula is C25H33Cl3N2O4S. The van der Waals surface area contributed by atoms with Crippen LogP contribution < -0.4 is 9.47 Å². The molecule has 0 saturated heterocycles. The van der Waals surface area contributed by atoms with Gasteiger partial charge < -0.3 is 9.47 Å². The first-order chi connectivity index (χ1) is 16.2. The van der Waals surface area contributed by atoms with E-state index >= 15 is 0 Å². The molecule has 2 aliphatic rings. The zero-order valence-electron chi connectivity index (χ0n) is 20.5. The third kappa shape index (κ3) is 5.27. The van der Waals surface area contributed by atoms with E-state index in [1.807, 2.05) is 6.92 Å². The molecule has 0 fully saturated rings. The van der Waals surface area contributed by atoms with Crippen LogP contribution in [0.25, 0.3) is 0 Å². The lowest BCUT2D eigenvalue weighted by atomic mass is 9.91. The van der Waals surface area contributed by atoms with Gasteiger partial charge in [-0.25, -0.2) is 8.42 Å². The Balaban J connectivity index is 0.00000342. The second-order valence-corrected chi connectivity index (χ2v) is 11.7. The molecule has 6 nitrogen and oxygen atoms in total. The summed E-state index contributed by atoms with van der Waals surface area (Å²) in [7, 11) is -0.354. The van der Waals surface area contributed by atoms with E-state index in [4.69, 9.17) is 32.7 Å². The molecule has 1 heterocycles. The summed E-state index contributed by atoms with van der Waals surface area (Å²) in [6.45, 7) is 5.76. The fourth-order valence-electron chi connectivity index (χ4n) is 5.46. The summed E-state index contributed by atoms with van der Waals surface area (Å²) in [6.07, 6.45) is 3.65. The number of rotatable bonds is 9. The predicted molar refractivity (Wildman–Crippen MR) is 143 cm³/mol. The van der Waals surface area contributed by atoms with Crippen LogP contribution in [0.15, 0.2) is 29.2 Å². The fraction of sp³-hybridized carbons (Fsp3) is 0.520. The summed E-state index contributed by atoms with van der Waals surface area (Å²) in [5, 5.41) is 0.537. The van der Waals surface area contributed by atoms with Gasteiger partial charge in [-0.15, -0.1) is 12.4 Å². The highest BCUT2D eigenvalue weighted by atomic mass is 35.5. The minimum absolute atomic E-state index is 0. The lowest BCUT2D eigenvalue weighted by Crippen LogP contribution is -2.43. The highest BCUT2D eigenvalue weighted by Crippen LogP contribution is 2.49. The molecule has 0 saturated carbocycles. The van der Waals surface area contributed by atoms with E-state index < -0.39 is 10.0 Å². The van der Waals surface area contributed by atoms with E-state index in [1.165, 1.54) is 33.1 Å². The number of benzene rings is 2. The average molecular weight is 564 g/mol. The summed E-state index contributed by atoms with van der Waals surface area (Å²) in [4.78, 5) is 2.59. The van der Waals surface area contributed by atoms with Crippen molar-refractivity contribution in [3.63, 3.8) is 0 Å². The molecule has 1 aliphatic heterocycles. The van der Waals surface area contributed by atoms with Crippen LogP contribution in [0, 0.1) is 0 Å². The highest BCUT2D eigenvalue weighted by Gasteiger charge is 2.39. The largest absolute Gasteiger partial charge is 0.493 e. The normalized spacial score (nSPS) is 18.2. The Bertz CT molecular complexity index is 1180. The van der Waals surface area contributed by atoms with E-state index in [0.29, 0.717) is 24.2 Å². The number of hydrogen-bond donors (Lipinski definition) is 0. The summed E-state index contributed by atoms with van der Waals surface area (Å²) < 4.78 is 39.4. The lowest BCUT2D eigenvalue weighted by molar-refractivity contribution is 0.123. The summed E-state index contributed by atoms with van der Waals surface area (Å²) >= 11 is 12.3. The van der Waals surface area contributed by atoms with Crippen molar-refractivity contribution in [3.8, 4) is 11.5 Å². The molecule has 2 atom stereocenters. The molecule has 0 amide bonds. The molecule has 2 aromatic rings. The van der Waals surface area contributed by atoms with Crippen LogP contribution in [0.2, 0.25) is 10.0 Å². The molecule has 1 aliphatic carbocycles. The standard InChI is InChI=1S/C25H32Cl2N2O4S.ClH/c1-5-28(34(30,31)23-15-18(26)6-8-20(23)27)12-10-16(2)29-13-11-17-14-22(32-3)25(33-4)19-7-9-21(29)24(17)19;/h6,8,14-16,21H,5,7,9-13H2,1-4H3;1H. The molecule has 4 rings (SSSR count). The monoisotopic (exact) mass is 562 g/mol. The maximum atomic E-state index is 13.3. The van der Waals surface area contributed by atoms with Gasteiger partial charge in [0.1, 0.15) is 4.90 Å². The quantitative estimate of drug-likeness (QED) is 0.388. The van der Waals surface area contributed by atoms with Crippen molar-refractivity contribution in [3.05, 3.63) is 51.0 Å². The van der Waals surface area contributed by atoms with Crippen LogP contribution in [0.5, 0.6) is 11.5 Å². The first-order valence-electron chi connectivity index (χ1n) is 11.7. The fourth-order valence-corrected chi connectivity index (χ4v) is 7.66. The zero-order valence-corrected chi connectivity index (χ0v) is 23.7. The van der Waals surface area contributed by atoms with Crippen LogP contribution >= 0.6 is 35.6 Å². The van der Waals surface area contributed by atoms with Crippen LogP contribution in [-0.4, -0.2) is 57.5 Å². The topological polar surface area (TPSA) is 59.1 Å². The van der Waals surface area contributed by atoms with Crippen LogP contribution in [0.4, 0.5) is 0 Å². The molecule has 0 aromatic heterocycles. The maximum Gasteiger partial charge on any atom is 0.244 e. The number of nitrogens with zero attached hydrogens (tertiary/aromatic N) is 2. The second kappa shape index (κ2) is 11.4. The molecule has 10 heteroatoms. The van der Waals surface area contributed by atoms with Crippen LogP contribution in [0.1, 0.15) is 49.4 Å². The SMILES string of the molecule is CCN(CCC(C)N1CCc2cc(OC)c(OC)c3c2C1CC3)S(=O)(=O)c1cc(Cl)ccc1Cl.Cl. The van der Waals surface area contributed by atoms with Crippen LogP contribution in [-0.2, 0) is 22.9 Å². The Kier molecular flexibility index (Phi) is 9.27. The number of ether oxygens (including phenoxy) is 2. The molecule has 0 spiro atoms. The van der Waals surface area contributed by atoms with E-state index in [9.17, 15) is 8.42 Å². The van der Waals surface area contributed by atoms with Crippen molar-refractivity contribution in [1.29, 1.82) is 0 Å². The molecule has 0 N–H and O–H groups in total. The Labute approximate surface area is 224 Å². The smallest absolute Gasteiger partial charge is 0.244 e. The van der Waals surface area contributed by atoms with Gasteiger partial charge in [0.2, 0.25) is 10.0 Å². The molecule has 0 bridgehead atoms. The highest BCUT2D eigenvalue weighted by molar-refractivity contribution is 7.89. The van der Waals surface area contributed by atoms with Gasteiger partial charge in [0, 0.05) is 42.3 Å². The van der Waals surface area contributed by atoms with Gasteiger partial charge in [0.25, 0.3) is 0 Å². The molecule has 2 aromatic carbocycles. The van der Waals surface area contributed by atoms with Gasteiger partial charge in [0.05, 0.1) is 19.2 Å². The first kappa shape index (κ1) is 28.4. The maximum absolute atomic E-state index is 13.3. The lowest BCUT2D eigenvalue weighted by Gasteiger charge is -2.40. The van der Waals surface area contributed by atoms with Crippen molar-refractivity contribution >= 4 is 45.6 Å².